The summed E-state index contributed by atoms with van der Waals surface area (Å²) in [5.41, 5.74) is 4.92. The van der Waals surface area contributed by atoms with Crippen LogP contribution in [0.4, 0.5) is 4.39 Å². The van der Waals surface area contributed by atoms with Gasteiger partial charge in [0.1, 0.15) is 5.82 Å². The molecule has 0 spiro atoms. The monoisotopic (exact) mass is 347 g/mol. The fourth-order valence-electron chi connectivity index (χ4n) is 3.18. The molecule has 1 atom stereocenters. The van der Waals surface area contributed by atoms with Gasteiger partial charge < -0.3 is 5.32 Å². The van der Waals surface area contributed by atoms with E-state index in [1.165, 1.54) is 42.0 Å². The Hall–Kier alpha value is -1.19. The maximum absolute atomic E-state index is 14.1. The van der Waals surface area contributed by atoms with Gasteiger partial charge in [0.25, 0.3) is 0 Å². The number of benzene rings is 2. The molecule has 0 bridgehead atoms. The maximum Gasteiger partial charge on any atom is 0.129 e. The van der Waals surface area contributed by atoms with Gasteiger partial charge in [0.15, 0.2) is 0 Å². The van der Waals surface area contributed by atoms with Crippen molar-refractivity contribution in [2.45, 2.75) is 31.7 Å². The summed E-state index contributed by atoms with van der Waals surface area (Å²) in [5.74, 6) is -0.162. The summed E-state index contributed by atoms with van der Waals surface area (Å²) >= 11 is 3.47. The minimum absolute atomic E-state index is 0.0278. The molecule has 21 heavy (non-hydrogen) atoms. The molecular weight excluding hydrogens is 329 g/mol. The van der Waals surface area contributed by atoms with Crippen molar-refractivity contribution >= 4 is 15.9 Å². The Kier molecular flexibility index (Phi) is 4.41. The lowest BCUT2D eigenvalue weighted by Crippen LogP contribution is -2.20. The van der Waals surface area contributed by atoms with Crippen molar-refractivity contribution < 1.29 is 4.39 Å². The predicted octanol–water partition coefficient (Wildman–Crippen LogP) is 4.58. The molecule has 2 aromatic carbocycles. The van der Waals surface area contributed by atoms with Crippen molar-refractivity contribution in [2.75, 3.05) is 7.05 Å². The third-order valence-electron chi connectivity index (χ3n) is 4.30. The molecule has 110 valence electrons. The Morgan fingerprint density at radius 3 is 2.76 bits per heavy atom. The standard InChI is InChI=1S/C18H19BrFN/c1-21-17(18-15(19)6-3-7-16(18)20)11-12-8-9-13-4-2-5-14(13)10-12/h3,6-10,17,21H,2,4-5,11H2,1H3. The second kappa shape index (κ2) is 6.29. The number of halogens is 2. The quantitative estimate of drug-likeness (QED) is 0.853. The highest BCUT2D eigenvalue weighted by Gasteiger charge is 2.19. The summed E-state index contributed by atoms with van der Waals surface area (Å²) in [6, 6.07) is 11.8. The van der Waals surface area contributed by atoms with Crippen LogP contribution in [0.3, 0.4) is 0 Å². The molecule has 1 nitrogen and oxygen atoms in total. The van der Waals surface area contributed by atoms with Gasteiger partial charge in [-0.05, 0) is 61.6 Å². The lowest BCUT2D eigenvalue weighted by atomic mass is 9.96. The first-order valence-corrected chi connectivity index (χ1v) is 8.20. The molecule has 0 saturated carbocycles. The second-order valence-corrected chi connectivity index (χ2v) is 6.49. The van der Waals surface area contributed by atoms with Gasteiger partial charge in [0.05, 0.1) is 0 Å². The van der Waals surface area contributed by atoms with Gasteiger partial charge >= 0.3 is 0 Å². The molecule has 0 aliphatic heterocycles. The van der Waals surface area contributed by atoms with Crippen LogP contribution in [0.15, 0.2) is 40.9 Å². The van der Waals surface area contributed by atoms with Gasteiger partial charge in [0, 0.05) is 16.1 Å². The van der Waals surface area contributed by atoms with Gasteiger partial charge in [-0.15, -0.1) is 0 Å². The molecule has 1 aliphatic carbocycles. The molecule has 1 aliphatic rings. The lowest BCUT2D eigenvalue weighted by Gasteiger charge is -2.19. The fourth-order valence-corrected chi connectivity index (χ4v) is 3.80. The number of hydrogen-bond acceptors (Lipinski definition) is 1. The number of rotatable bonds is 4. The topological polar surface area (TPSA) is 12.0 Å². The minimum Gasteiger partial charge on any atom is -0.313 e. The van der Waals surface area contributed by atoms with Crippen molar-refractivity contribution in [1.29, 1.82) is 0 Å². The Labute approximate surface area is 133 Å². The molecule has 0 radical (unpaired) electrons. The van der Waals surface area contributed by atoms with Crippen LogP contribution in [0.2, 0.25) is 0 Å². The van der Waals surface area contributed by atoms with Crippen LogP contribution in [-0.4, -0.2) is 7.05 Å². The maximum atomic E-state index is 14.1. The number of fused-ring (bicyclic) bond motifs is 1. The first-order chi connectivity index (χ1) is 10.2. The number of aryl methyl sites for hydroxylation is 2. The Bertz CT molecular complexity index is 633. The molecule has 3 heteroatoms. The molecular formula is C18H19BrFN. The van der Waals surface area contributed by atoms with E-state index in [9.17, 15) is 4.39 Å². The van der Waals surface area contributed by atoms with E-state index >= 15 is 0 Å². The van der Waals surface area contributed by atoms with E-state index in [-0.39, 0.29) is 11.9 Å². The summed E-state index contributed by atoms with van der Waals surface area (Å²) in [6.07, 6.45) is 4.43. The van der Waals surface area contributed by atoms with Crippen molar-refractivity contribution in [3.63, 3.8) is 0 Å². The molecule has 0 fully saturated rings. The average Bonchev–Trinajstić information content (AvgIpc) is 2.93. The number of nitrogens with one attached hydrogen (secondary N) is 1. The zero-order valence-electron chi connectivity index (χ0n) is 12.1. The Morgan fingerprint density at radius 1 is 1.19 bits per heavy atom. The Morgan fingerprint density at radius 2 is 2.00 bits per heavy atom. The number of hydrogen-bond donors (Lipinski definition) is 1. The van der Waals surface area contributed by atoms with Crippen molar-refractivity contribution in [1.82, 2.24) is 5.32 Å². The van der Waals surface area contributed by atoms with Crippen molar-refractivity contribution in [3.8, 4) is 0 Å². The van der Waals surface area contributed by atoms with E-state index in [2.05, 4.69) is 39.4 Å². The normalized spacial score (nSPS) is 15.0. The highest BCUT2D eigenvalue weighted by Crippen LogP contribution is 2.30. The van der Waals surface area contributed by atoms with Crippen LogP contribution in [-0.2, 0) is 19.3 Å². The summed E-state index contributed by atoms with van der Waals surface area (Å²) in [6.45, 7) is 0. The smallest absolute Gasteiger partial charge is 0.129 e. The van der Waals surface area contributed by atoms with Crippen molar-refractivity contribution in [2.24, 2.45) is 0 Å². The molecule has 0 aromatic heterocycles. The van der Waals surface area contributed by atoms with Crippen LogP contribution >= 0.6 is 15.9 Å². The molecule has 1 N–H and O–H groups in total. The molecule has 2 aromatic rings. The number of likely N-dealkylation sites (N-methyl/N-ethyl adjacent to an activating group) is 1. The first kappa shape index (κ1) is 14.7. The van der Waals surface area contributed by atoms with E-state index in [0.29, 0.717) is 5.56 Å². The zero-order valence-corrected chi connectivity index (χ0v) is 13.7. The highest BCUT2D eigenvalue weighted by molar-refractivity contribution is 9.10. The van der Waals surface area contributed by atoms with E-state index in [1.54, 1.807) is 6.07 Å². The SMILES string of the molecule is CNC(Cc1ccc2c(c1)CCC2)c1c(F)cccc1Br. The molecule has 0 saturated heterocycles. The Balaban J connectivity index is 1.88. The summed E-state index contributed by atoms with van der Waals surface area (Å²) < 4.78 is 15.0. The third-order valence-corrected chi connectivity index (χ3v) is 4.99. The second-order valence-electron chi connectivity index (χ2n) is 5.64. The summed E-state index contributed by atoms with van der Waals surface area (Å²) in [7, 11) is 1.89. The largest absolute Gasteiger partial charge is 0.313 e. The fraction of sp³-hybridized carbons (Fsp3) is 0.333. The minimum atomic E-state index is -0.162. The van der Waals surface area contributed by atoms with Gasteiger partial charge in [0.2, 0.25) is 0 Å². The van der Waals surface area contributed by atoms with Gasteiger partial charge in [-0.3, -0.25) is 0 Å². The van der Waals surface area contributed by atoms with Crippen LogP contribution in [0.1, 0.15) is 34.7 Å². The average molecular weight is 348 g/mol. The van der Waals surface area contributed by atoms with Gasteiger partial charge in [-0.2, -0.15) is 0 Å². The van der Waals surface area contributed by atoms with Crippen LogP contribution in [0.25, 0.3) is 0 Å². The predicted molar refractivity (Wildman–Crippen MR) is 88.1 cm³/mol. The molecule has 0 amide bonds. The first-order valence-electron chi connectivity index (χ1n) is 7.41. The van der Waals surface area contributed by atoms with Crippen molar-refractivity contribution in [3.05, 3.63) is 68.9 Å². The molecule has 3 rings (SSSR count). The lowest BCUT2D eigenvalue weighted by molar-refractivity contribution is 0.531. The van der Waals surface area contributed by atoms with E-state index < -0.39 is 0 Å². The van der Waals surface area contributed by atoms with Gasteiger partial charge in [-0.1, -0.05) is 40.2 Å². The van der Waals surface area contributed by atoms with Gasteiger partial charge in [-0.25, -0.2) is 4.39 Å². The van der Waals surface area contributed by atoms with E-state index in [1.807, 2.05) is 13.1 Å². The molecule has 1 unspecified atom stereocenters. The van der Waals surface area contributed by atoms with E-state index in [0.717, 1.165) is 10.9 Å². The summed E-state index contributed by atoms with van der Waals surface area (Å²) in [4.78, 5) is 0. The van der Waals surface area contributed by atoms with Crippen LogP contribution in [0, 0.1) is 5.82 Å². The van der Waals surface area contributed by atoms with Crippen LogP contribution < -0.4 is 5.32 Å². The highest BCUT2D eigenvalue weighted by atomic mass is 79.9. The molecule has 0 heterocycles. The third kappa shape index (κ3) is 3.04. The van der Waals surface area contributed by atoms with Crippen LogP contribution in [0.5, 0.6) is 0 Å². The summed E-state index contributed by atoms with van der Waals surface area (Å²) in [5, 5.41) is 3.25. The van der Waals surface area contributed by atoms with E-state index in [4.69, 9.17) is 0 Å². The zero-order chi connectivity index (χ0) is 14.8.